The fourth-order valence-electron chi connectivity index (χ4n) is 6.51. The Morgan fingerprint density at radius 2 is 1.45 bits per heavy atom. The molecule has 0 saturated carbocycles. The number of urea groups is 1. The third-order valence-corrected chi connectivity index (χ3v) is 8.63. The number of ether oxygens (including phenoxy) is 1. The molecule has 3 aromatic carbocycles. The van der Waals surface area contributed by atoms with Gasteiger partial charge in [-0.25, -0.2) is 27.2 Å². The Labute approximate surface area is 281 Å². The lowest BCUT2D eigenvalue weighted by Gasteiger charge is -2.55. The number of hydrogen-bond acceptors (Lipinski definition) is 6. The molecule has 3 aromatic rings. The van der Waals surface area contributed by atoms with Crippen LogP contribution in [-0.2, 0) is 10.3 Å². The van der Waals surface area contributed by atoms with Crippen molar-refractivity contribution in [3.05, 3.63) is 89.0 Å². The van der Waals surface area contributed by atoms with Gasteiger partial charge in [-0.15, -0.1) is 0 Å². The summed E-state index contributed by atoms with van der Waals surface area (Å²) in [5, 5.41) is 19.6. The zero-order valence-electron chi connectivity index (χ0n) is 27.6. The average Bonchev–Trinajstić information content (AvgIpc) is 2.99. The number of hydrogen-bond donors (Lipinski definition) is 4. The van der Waals surface area contributed by atoms with E-state index in [4.69, 9.17) is 4.74 Å². The quantitative estimate of drug-likeness (QED) is 0.203. The molecule has 14 heteroatoms. The van der Waals surface area contributed by atoms with Crippen molar-refractivity contribution >= 4 is 23.7 Å². The van der Waals surface area contributed by atoms with Crippen LogP contribution in [0.5, 0.6) is 0 Å². The van der Waals surface area contributed by atoms with Crippen molar-refractivity contribution in [3.8, 4) is 11.1 Å². The van der Waals surface area contributed by atoms with E-state index in [0.29, 0.717) is 30.3 Å². The Morgan fingerprint density at radius 3 is 2.04 bits per heavy atom. The molecule has 2 atom stereocenters. The average molecular weight is 686 g/mol. The summed E-state index contributed by atoms with van der Waals surface area (Å²) in [6.07, 6.45) is -0.675. The molecule has 49 heavy (non-hydrogen) atoms. The predicted molar refractivity (Wildman–Crippen MR) is 174 cm³/mol. The van der Waals surface area contributed by atoms with Crippen LogP contribution in [0.2, 0.25) is 0 Å². The number of nitrogens with zero attached hydrogens (tertiary/aromatic N) is 2. The standard InChI is InChI=1S/C35H39F4N5O5/c1-34(2,3)49-33(47)41-10-9-40-31(45)28-15-29(38)27(14-30(28)39)20-5-7-21(8-6-20)35(48)22-16-43(4)17-23(35)19-44(18-22)32(46)42-26-12-24(36)11-25(37)13-26/h5-8,11-15,22-23,48H,9-10,16-19H2,1-4H3,(H,40,45)(H,41,47)(H,42,46). The zero-order chi connectivity index (χ0) is 35.7. The molecule has 0 radical (unpaired) electrons. The number of carbonyl (C=O) groups excluding carboxylic acids is 3. The molecule has 2 saturated heterocycles. The fourth-order valence-corrected chi connectivity index (χ4v) is 6.51. The van der Waals surface area contributed by atoms with Gasteiger partial charge in [0.05, 0.1) is 5.56 Å². The van der Waals surface area contributed by atoms with Crippen LogP contribution in [-0.4, -0.2) is 84.9 Å². The van der Waals surface area contributed by atoms with E-state index in [-0.39, 0.29) is 37.4 Å². The number of nitrogens with one attached hydrogen (secondary N) is 3. The number of fused-ring (bicyclic) bond motifs is 2. The number of benzene rings is 3. The first-order valence-corrected chi connectivity index (χ1v) is 15.8. The van der Waals surface area contributed by atoms with Crippen molar-refractivity contribution in [3.63, 3.8) is 0 Å². The largest absolute Gasteiger partial charge is 0.444 e. The van der Waals surface area contributed by atoms with Gasteiger partial charge in [0.2, 0.25) is 0 Å². The van der Waals surface area contributed by atoms with Gasteiger partial charge >= 0.3 is 12.1 Å². The molecule has 262 valence electrons. The summed E-state index contributed by atoms with van der Waals surface area (Å²) in [6, 6.07) is 10.3. The maximum Gasteiger partial charge on any atom is 0.407 e. The number of alkyl carbamates (subject to hydrolysis) is 1. The molecular formula is C35H39F4N5O5. The SMILES string of the molecule is CN1CC2CN(C(=O)Nc3cc(F)cc(F)c3)CC(C1)C2(O)c1ccc(-c2cc(F)c(C(=O)NCCNC(=O)OC(C)(C)C)cc2F)cc1. The summed E-state index contributed by atoms with van der Waals surface area (Å²) in [5.41, 5.74) is -1.79. The van der Waals surface area contributed by atoms with E-state index in [2.05, 4.69) is 20.9 Å². The van der Waals surface area contributed by atoms with Gasteiger partial charge in [-0.3, -0.25) is 4.79 Å². The third kappa shape index (κ3) is 8.14. The molecule has 0 aliphatic carbocycles. The lowest BCUT2D eigenvalue weighted by molar-refractivity contribution is -0.153. The van der Waals surface area contributed by atoms with Crippen LogP contribution in [0.1, 0.15) is 36.7 Å². The maximum atomic E-state index is 15.2. The van der Waals surface area contributed by atoms with E-state index in [1.54, 1.807) is 45.0 Å². The molecule has 2 heterocycles. The van der Waals surface area contributed by atoms with E-state index < -0.39 is 69.9 Å². The molecular weight excluding hydrogens is 646 g/mol. The molecule has 0 spiro atoms. The molecule has 4 amide bonds. The van der Waals surface area contributed by atoms with Crippen molar-refractivity contribution in [2.24, 2.45) is 11.8 Å². The minimum absolute atomic E-state index is 0.0148. The fraction of sp³-hybridized carbons (Fsp3) is 0.400. The first kappa shape index (κ1) is 35.6. The van der Waals surface area contributed by atoms with Crippen molar-refractivity contribution in [2.75, 3.05) is 51.6 Å². The van der Waals surface area contributed by atoms with Gasteiger partial charge in [-0.2, -0.15) is 0 Å². The van der Waals surface area contributed by atoms with Crippen molar-refractivity contribution in [1.29, 1.82) is 0 Å². The van der Waals surface area contributed by atoms with Crippen LogP contribution in [0.15, 0.2) is 54.6 Å². The Morgan fingerprint density at radius 1 is 0.857 bits per heavy atom. The summed E-state index contributed by atoms with van der Waals surface area (Å²) in [7, 11) is 1.91. The van der Waals surface area contributed by atoms with Crippen LogP contribution >= 0.6 is 0 Å². The second-order valence-electron chi connectivity index (χ2n) is 13.5. The van der Waals surface area contributed by atoms with Gasteiger partial charge in [-0.05, 0) is 63.2 Å². The van der Waals surface area contributed by atoms with Crippen LogP contribution in [0.3, 0.4) is 0 Å². The summed E-state index contributed by atoms with van der Waals surface area (Å²) < 4.78 is 62.7. The maximum absolute atomic E-state index is 15.2. The minimum atomic E-state index is -1.35. The Balaban J connectivity index is 1.26. The Kier molecular flexibility index (Phi) is 10.2. The highest BCUT2D eigenvalue weighted by Crippen LogP contribution is 2.45. The predicted octanol–water partition coefficient (Wildman–Crippen LogP) is 5.08. The molecule has 4 N–H and O–H groups in total. The number of anilines is 1. The summed E-state index contributed by atoms with van der Waals surface area (Å²) in [5.74, 6) is -5.14. The van der Waals surface area contributed by atoms with E-state index in [1.807, 2.05) is 7.05 Å². The van der Waals surface area contributed by atoms with E-state index >= 15 is 8.78 Å². The van der Waals surface area contributed by atoms with E-state index in [0.717, 1.165) is 24.3 Å². The van der Waals surface area contributed by atoms with Gasteiger partial charge in [-0.1, -0.05) is 24.3 Å². The lowest BCUT2D eigenvalue weighted by Crippen LogP contribution is -2.65. The van der Waals surface area contributed by atoms with Crippen LogP contribution in [0.4, 0.5) is 32.8 Å². The van der Waals surface area contributed by atoms with Crippen LogP contribution in [0, 0.1) is 35.1 Å². The molecule has 10 nitrogen and oxygen atoms in total. The van der Waals surface area contributed by atoms with Gasteiger partial charge in [0.15, 0.2) is 0 Å². The van der Waals surface area contributed by atoms with Gasteiger partial charge in [0.25, 0.3) is 5.91 Å². The summed E-state index contributed by atoms with van der Waals surface area (Å²) in [4.78, 5) is 40.9. The number of likely N-dealkylation sites (tertiary alicyclic amines) is 2. The van der Waals surface area contributed by atoms with Crippen LogP contribution < -0.4 is 16.0 Å². The topological polar surface area (TPSA) is 123 Å². The highest BCUT2D eigenvalue weighted by atomic mass is 19.1. The lowest BCUT2D eigenvalue weighted by atomic mass is 9.66. The number of carbonyl (C=O) groups is 3. The van der Waals surface area contributed by atoms with Gasteiger partial charge in [0.1, 0.15) is 34.5 Å². The molecule has 2 bridgehead atoms. The van der Waals surface area contributed by atoms with Crippen molar-refractivity contribution in [2.45, 2.75) is 32.0 Å². The number of rotatable bonds is 7. The highest BCUT2D eigenvalue weighted by Gasteiger charge is 2.53. The minimum Gasteiger partial charge on any atom is -0.444 e. The Hall–Kier alpha value is -4.69. The normalized spacial score (nSPS) is 20.8. The van der Waals surface area contributed by atoms with E-state index in [9.17, 15) is 28.3 Å². The monoisotopic (exact) mass is 685 g/mol. The smallest absolute Gasteiger partial charge is 0.407 e. The number of aliphatic hydroxyl groups is 1. The zero-order valence-corrected chi connectivity index (χ0v) is 27.6. The molecule has 2 fully saturated rings. The van der Waals surface area contributed by atoms with Gasteiger partial charge in [0, 0.05) is 68.4 Å². The molecule has 0 aromatic heterocycles. The first-order valence-electron chi connectivity index (χ1n) is 15.8. The number of amides is 4. The van der Waals surface area contributed by atoms with Gasteiger partial charge < -0.3 is 35.6 Å². The highest BCUT2D eigenvalue weighted by molar-refractivity contribution is 5.95. The molecule has 5 rings (SSSR count). The molecule has 2 unspecified atom stereocenters. The number of piperidine rings is 2. The van der Waals surface area contributed by atoms with Crippen molar-refractivity contribution in [1.82, 2.24) is 20.4 Å². The third-order valence-electron chi connectivity index (χ3n) is 8.63. The Bertz CT molecular complexity index is 1700. The summed E-state index contributed by atoms with van der Waals surface area (Å²) in [6.45, 7) is 6.30. The second kappa shape index (κ2) is 14.0. The van der Waals surface area contributed by atoms with E-state index in [1.165, 1.54) is 4.90 Å². The molecule has 2 aliphatic rings. The van der Waals surface area contributed by atoms with Crippen LogP contribution in [0.25, 0.3) is 11.1 Å². The number of halogens is 4. The second-order valence-corrected chi connectivity index (χ2v) is 13.5. The van der Waals surface area contributed by atoms with Crippen molar-refractivity contribution < 1.29 is 41.8 Å². The summed E-state index contributed by atoms with van der Waals surface area (Å²) >= 11 is 0. The first-order chi connectivity index (χ1) is 23.0. The molecule has 2 aliphatic heterocycles.